The summed E-state index contributed by atoms with van der Waals surface area (Å²) in [4.78, 5) is 15.6. The van der Waals surface area contributed by atoms with E-state index >= 15 is 0 Å². The molecule has 0 radical (unpaired) electrons. The summed E-state index contributed by atoms with van der Waals surface area (Å²) >= 11 is 6.20. The second-order valence-corrected chi connectivity index (χ2v) is 9.29. The van der Waals surface area contributed by atoms with E-state index in [1.807, 2.05) is 0 Å². The maximum Gasteiger partial charge on any atom is 0.416 e. The molecule has 4 rings (SSSR count). The molecule has 0 saturated carbocycles. The quantitative estimate of drug-likeness (QED) is 0.677. The molecule has 2 amide bonds. The number of amides is 2. The van der Waals surface area contributed by atoms with Crippen molar-refractivity contribution in [1.82, 2.24) is 0 Å². The Bertz CT molecular complexity index is 1060. The molecule has 10 heteroatoms. The van der Waals surface area contributed by atoms with E-state index in [-0.39, 0.29) is 22.2 Å². The van der Waals surface area contributed by atoms with Crippen LogP contribution in [0.25, 0.3) is 0 Å². The van der Waals surface area contributed by atoms with Crippen molar-refractivity contribution in [2.75, 3.05) is 21.3 Å². The molecule has 0 bridgehead atoms. The Kier molecular flexibility index (Phi) is 4.35. The first-order valence-electron chi connectivity index (χ1n) is 8.33. The summed E-state index contributed by atoms with van der Waals surface area (Å²) in [5, 5.41) is 0.254. The van der Waals surface area contributed by atoms with Crippen LogP contribution in [0.15, 0.2) is 48.5 Å². The molecule has 2 heterocycles. The van der Waals surface area contributed by atoms with Crippen LogP contribution in [-0.4, -0.2) is 38.0 Å². The Morgan fingerprint density at radius 3 is 2.25 bits per heavy atom. The number of para-hydroxylation sites is 1. The summed E-state index contributed by atoms with van der Waals surface area (Å²) in [6.45, 7) is 0. The van der Waals surface area contributed by atoms with E-state index < -0.39 is 39.7 Å². The largest absolute Gasteiger partial charge is 0.416 e. The van der Waals surface area contributed by atoms with Crippen molar-refractivity contribution < 1.29 is 26.4 Å². The Hall–Kier alpha value is -2.26. The van der Waals surface area contributed by atoms with Crippen molar-refractivity contribution in [1.29, 1.82) is 0 Å². The number of hydrogen-bond donors (Lipinski definition) is 0. The molecule has 2 atom stereocenters. The summed E-state index contributed by atoms with van der Waals surface area (Å²) in [5.41, 5.74) is -0.580. The maximum absolute atomic E-state index is 13.2. The molecule has 0 aliphatic carbocycles. The van der Waals surface area contributed by atoms with Crippen LogP contribution < -0.4 is 9.80 Å². The van der Waals surface area contributed by atoms with Gasteiger partial charge in [-0.25, -0.2) is 13.2 Å². The van der Waals surface area contributed by atoms with Gasteiger partial charge >= 0.3 is 12.2 Å². The number of halogens is 4. The van der Waals surface area contributed by atoms with Gasteiger partial charge in [-0.2, -0.15) is 13.2 Å². The molecule has 0 aromatic heterocycles. The van der Waals surface area contributed by atoms with Crippen molar-refractivity contribution in [3.8, 4) is 0 Å². The predicted octanol–water partition coefficient (Wildman–Crippen LogP) is 3.97. The van der Waals surface area contributed by atoms with Gasteiger partial charge in [-0.3, -0.25) is 9.80 Å². The zero-order valence-electron chi connectivity index (χ0n) is 14.2. The number of fused-ring (bicyclic) bond motifs is 1. The number of nitrogens with zero attached hydrogens (tertiary/aromatic N) is 2. The number of anilines is 2. The van der Waals surface area contributed by atoms with Gasteiger partial charge < -0.3 is 0 Å². The SMILES string of the molecule is O=C1N(c2cccc(C(F)(F)F)c2)[C@@H]2CS(=O)(=O)C[C@H]2N1c1ccccc1Cl. The second kappa shape index (κ2) is 6.38. The topological polar surface area (TPSA) is 57.7 Å². The average molecular weight is 431 g/mol. The summed E-state index contributed by atoms with van der Waals surface area (Å²) in [6.07, 6.45) is -4.58. The number of carbonyl (C=O) groups excluding carboxylic acids is 1. The predicted molar refractivity (Wildman–Crippen MR) is 99.5 cm³/mol. The van der Waals surface area contributed by atoms with Crippen molar-refractivity contribution in [2.24, 2.45) is 0 Å². The molecule has 2 aromatic carbocycles. The van der Waals surface area contributed by atoms with E-state index in [1.165, 1.54) is 17.0 Å². The third-order valence-corrected chi connectivity index (χ3v) is 6.95. The molecular formula is C18H14ClF3N2O3S. The number of alkyl halides is 3. The minimum atomic E-state index is -4.58. The monoisotopic (exact) mass is 430 g/mol. The minimum Gasteiger partial charge on any atom is -0.288 e. The van der Waals surface area contributed by atoms with Gasteiger partial charge in [0.2, 0.25) is 0 Å². The number of rotatable bonds is 2. The number of carbonyl (C=O) groups is 1. The Morgan fingerprint density at radius 2 is 1.61 bits per heavy atom. The molecule has 0 N–H and O–H groups in total. The van der Waals surface area contributed by atoms with Gasteiger partial charge in [-0.05, 0) is 30.3 Å². The first-order valence-corrected chi connectivity index (χ1v) is 10.5. The summed E-state index contributed by atoms with van der Waals surface area (Å²) in [7, 11) is -3.46. The van der Waals surface area contributed by atoms with Crippen molar-refractivity contribution in [3.63, 3.8) is 0 Å². The van der Waals surface area contributed by atoms with Gasteiger partial charge in [-0.15, -0.1) is 0 Å². The highest BCUT2D eigenvalue weighted by atomic mass is 35.5. The van der Waals surface area contributed by atoms with Gasteiger partial charge in [0, 0.05) is 5.69 Å². The molecule has 148 valence electrons. The van der Waals surface area contributed by atoms with Crippen LogP contribution in [0.4, 0.5) is 29.3 Å². The maximum atomic E-state index is 13.2. The number of hydrogen-bond acceptors (Lipinski definition) is 3. The van der Waals surface area contributed by atoms with Crippen LogP contribution >= 0.6 is 11.6 Å². The Balaban J connectivity index is 1.83. The Labute approximate surface area is 164 Å². The molecule has 2 aliphatic heterocycles. The van der Waals surface area contributed by atoms with Crippen LogP contribution in [0, 0.1) is 0 Å². The molecule has 5 nitrogen and oxygen atoms in total. The van der Waals surface area contributed by atoms with Crippen LogP contribution in [0.2, 0.25) is 5.02 Å². The molecule has 2 aliphatic rings. The van der Waals surface area contributed by atoms with E-state index in [0.29, 0.717) is 5.69 Å². The first-order chi connectivity index (χ1) is 13.1. The highest BCUT2D eigenvalue weighted by molar-refractivity contribution is 7.91. The fraction of sp³-hybridized carbons (Fsp3) is 0.278. The van der Waals surface area contributed by atoms with Crippen molar-refractivity contribution in [3.05, 3.63) is 59.1 Å². The fourth-order valence-electron chi connectivity index (χ4n) is 3.77. The first kappa shape index (κ1) is 19.1. The summed E-state index contributed by atoms with van der Waals surface area (Å²) in [6, 6.07) is 8.66. The molecular weight excluding hydrogens is 417 g/mol. The lowest BCUT2D eigenvalue weighted by molar-refractivity contribution is -0.137. The van der Waals surface area contributed by atoms with E-state index in [9.17, 15) is 26.4 Å². The van der Waals surface area contributed by atoms with Gasteiger partial charge in [0.15, 0.2) is 9.84 Å². The molecule has 2 saturated heterocycles. The lowest BCUT2D eigenvalue weighted by Crippen LogP contribution is -2.38. The molecule has 2 aromatic rings. The van der Waals surface area contributed by atoms with Crippen LogP contribution in [0.3, 0.4) is 0 Å². The zero-order valence-corrected chi connectivity index (χ0v) is 15.8. The van der Waals surface area contributed by atoms with Gasteiger partial charge in [-0.1, -0.05) is 29.8 Å². The molecule has 2 fully saturated rings. The van der Waals surface area contributed by atoms with Gasteiger partial charge in [0.1, 0.15) is 0 Å². The Morgan fingerprint density at radius 1 is 0.964 bits per heavy atom. The van der Waals surface area contributed by atoms with Gasteiger partial charge in [0.25, 0.3) is 0 Å². The standard InChI is InChI=1S/C18H14ClF3N2O3S/c19-13-6-1-2-7-14(13)24-16-10-28(26,27)9-15(16)23(17(24)25)12-5-3-4-11(8-12)18(20,21)22/h1-8,15-16H,9-10H2/t15-,16-/m1/s1. The number of urea groups is 1. The van der Waals surface area contributed by atoms with Crippen LogP contribution in [0.1, 0.15) is 5.56 Å². The zero-order chi connectivity index (χ0) is 20.3. The summed E-state index contributed by atoms with van der Waals surface area (Å²) in [5.74, 6) is -0.593. The second-order valence-electron chi connectivity index (χ2n) is 6.73. The number of benzene rings is 2. The number of sulfone groups is 1. The highest BCUT2D eigenvalue weighted by Crippen LogP contribution is 2.41. The lowest BCUT2D eigenvalue weighted by atomic mass is 10.1. The minimum absolute atomic E-state index is 0.00137. The fourth-order valence-corrected chi connectivity index (χ4v) is 5.91. The van der Waals surface area contributed by atoms with E-state index in [1.54, 1.807) is 24.3 Å². The molecule has 0 spiro atoms. The van der Waals surface area contributed by atoms with Crippen molar-refractivity contribution in [2.45, 2.75) is 18.3 Å². The van der Waals surface area contributed by atoms with Crippen molar-refractivity contribution >= 4 is 38.8 Å². The molecule has 28 heavy (non-hydrogen) atoms. The van der Waals surface area contributed by atoms with E-state index in [2.05, 4.69) is 0 Å². The van der Waals surface area contributed by atoms with Crippen LogP contribution in [-0.2, 0) is 16.0 Å². The van der Waals surface area contributed by atoms with Crippen LogP contribution in [0.5, 0.6) is 0 Å². The third kappa shape index (κ3) is 3.12. The normalized spacial score (nSPS) is 23.9. The van der Waals surface area contributed by atoms with E-state index in [4.69, 9.17) is 11.6 Å². The summed E-state index contributed by atoms with van der Waals surface area (Å²) < 4.78 is 63.8. The lowest BCUT2D eigenvalue weighted by Gasteiger charge is -2.24. The molecule has 0 unspecified atom stereocenters. The highest BCUT2D eigenvalue weighted by Gasteiger charge is 2.55. The smallest absolute Gasteiger partial charge is 0.288 e. The third-order valence-electron chi connectivity index (χ3n) is 4.93. The van der Waals surface area contributed by atoms with E-state index in [0.717, 1.165) is 17.0 Å². The van der Waals surface area contributed by atoms with Gasteiger partial charge in [0.05, 0.1) is 39.9 Å². The average Bonchev–Trinajstić information content (AvgIpc) is 3.04.